The first kappa shape index (κ1) is 10.9. The summed E-state index contributed by atoms with van der Waals surface area (Å²) in [5.74, 6) is 0.335. The summed E-state index contributed by atoms with van der Waals surface area (Å²) in [5.41, 5.74) is 2.17. The number of carbonyl (C=O) groups excluding carboxylic acids is 1. The lowest BCUT2D eigenvalue weighted by Crippen LogP contribution is -2.14. The van der Waals surface area contributed by atoms with Crippen molar-refractivity contribution >= 4 is 11.6 Å². The second-order valence-corrected chi connectivity index (χ2v) is 4.42. The molecule has 18 heavy (non-hydrogen) atoms. The fourth-order valence-electron chi connectivity index (χ4n) is 1.82. The van der Waals surface area contributed by atoms with Crippen molar-refractivity contribution < 1.29 is 4.79 Å². The maximum Gasteiger partial charge on any atom is 0.274 e. The number of nitrogens with zero attached hydrogens (tertiary/aromatic N) is 2. The Kier molecular flexibility index (Phi) is 2.76. The fourth-order valence-corrected chi connectivity index (χ4v) is 1.82. The molecule has 1 amide bonds. The average Bonchev–Trinajstić information content (AvgIpc) is 3.24. The summed E-state index contributed by atoms with van der Waals surface area (Å²) in [7, 11) is 0. The van der Waals surface area contributed by atoms with E-state index in [9.17, 15) is 4.79 Å². The molecule has 4 nitrogen and oxygen atoms in total. The van der Waals surface area contributed by atoms with Crippen LogP contribution in [-0.4, -0.2) is 15.9 Å². The Hall–Kier alpha value is -2.23. The highest BCUT2D eigenvalue weighted by molar-refractivity contribution is 6.02. The Morgan fingerprint density at radius 2 is 1.94 bits per heavy atom. The van der Waals surface area contributed by atoms with E-state index in [1.54, 1.807) is 6.07 Å². The molecule has 1 aliphatic rings. The predicted molar refractivity (Wildman–Crippen MR) is 68.4 cm³/mol. The maximum atomic E-state index is 12.0. The first-order chi connectivity index (χ1) is 8.83. The topological polar surface area (TPSA) is 54.9 Å². The highest BCUT2D eigenvalue weighted by atomic mass is 16.1. The normalized spacial score (nSPS) is 14.2. The summed E-state index contributed by atoms with van der Waals surface area (Å²) in [6.07, 6.45) is 3.79. The number of benzene rings is 1. The van der Waals surface area contributed by atoms with Crippen LogP contribution in [0, 0.1) is 0 Å². The first-order valence-electron chi connectivity index (χ1n) is 6.01. The number of anilines is 1. The number of aromatic nitrogens is 2. The third-order valence-corrected chi connectivity index (χ3v) is 2.95. The van der Waals surface area contributed by atoms with E-state index < -0.39 is 0 Å². The third-order valence-electron chi connectivity index (χ3n) is 2.95. The molecule has 4 heteroatoms. The minimum Gasteiger partial charge on any atom is -0.321 e. The molecule has 0 saturated heterocycles. The number of nitrogens with one attached hydrogen (secondary N) is 1. The number of para-hydroxylation sites is 1. The van der Waals surface area contributed by atoms with Crippen LogP contribution in [0.3, 0.4) is 0 Å². The lowest BCUT2D eigenvalue weighted by Gasteiger charge is -2.05. The van der Waals surface area contributed by atoms with Crippen molar-refractivity contribution in [2.45, 2.75) is 18.8 Å². The van der Waals surface area contributed by atoms with E-state index >= 15 is 0 Å². The van der Waals surface area contributed by atoms with Gasteiger partial charge in [-0.25, -0.2) is 9.97 Å². The van der Waals surface area contributed by atoms with E-state index in [0.717, 1.165) is 24.2 Å². The van der Waals surface area contributed by atoms with Crippen LogP contribution in [0.2, 0.25) is 0 Å². The van der Waals surface area contributed by atoms with Crippen molar-refractivity contribution in [3.63, 3.8) is 0 Å². The fraction of sp³-hybridized carbons (Fsp3) is 0.214. The molecular formula is C14H13N3O. The van der Waals surface area contributed by atoms with Crippen LogP contribution in [0.5, 0.6) is 0 Å². The zero-order chi connectivity index (χ0) is 12.4. The SMILES string of the molecule is O=C(Nc1ccccc1)c1cc(C2CC2)ncn1. The summed E-state index contributed by atoms with van der Waals surface area (Å²) in [5, 5.41) is 2.82. The standard InChI is InChI=1S/C14H13N3O/c18-14(17-11-4-2-1-3-5-11)13-8-12(10-6-7-10)15-9-16-13/h1-5,8-10H,6-7H2,(H,17,18). The summed E-state index contributed by atoms with van der Waals surface area (Å²) >= 11 is 0. The monoisotopic (exact) mass is 239 g/mol. The third kappa shape index (κ3) is 2.37. The van der Waals surface area contributed by atoms with Gasteiger partial charge in [-0.1, -0.05) is 18.2 Å². The van der Waals surface area contributed by atoms with Gasteiger partial charge in [-0.2, -0.15) is 0 Å². The number of rotatable bonds is 3. The highest BCUT2D eigenvalue weighted by Gasteiger charge is 2.25. The largest absolute Gasteiger partial charge is 0.321 e. The van der Waals surface area contributed by atoms with E-state index in [1.807, 2.05) is 30.3 Å². The van der Waals surface area contributed by atoms with Crippen molar-refractivity contribution in [3.05, 3.63) is 54.1 Å². The summed E-state index contributed by atoms with van der Waals surface area (Å²) in [6, 6.07) is 11.2. The van der Waals surface area contributed by atoms with Gasteiger partial charge >= 0.3 is 0 Å². The van der Waals surface area contributed by atoms with Crippen LogP contribution in [0.1, 0.15) is 34.9 Å². The molecule has 1 heterocycles. The van der Waals surface area contributed by atoms with E-state index in [4.69, 9.17) is 0 Å². The summed E-state index contributed by atoms with van der Waals surface area (Å²) in [6.45, 7) is 0. The quantitative estimate of drug-likeness (QED) is 0.895. The van der Waals surface area contributed by atoms with Crippen LogP contribution in [-0.2, 0) is 0 Å². The molecule has 1 fully saturated rings. The molecule has 90 valence electrons. The second kappa shape index (κ2) is 4.56. The number of hydrogen-bond donors (Lipinski definition) is 1. The van der Waals surface area contributed by atoms with Crippen LogP contribution in [0.4, 0.5) is 5.69 Å². The van der Waals surface area contributed by atoms with Crippen molar-refractivity contribution in [1.82, 2.24) is 9.97 Å². The number of hydrogen-bond acceptors (Lipinski definition) is 3. The predicted octanol–water partition coefficient (Wildman–Crippen LogP) is 2.61. The number of amides is 1. The van der Waals surface area contributed by atoms with Gasteiger partial charge in [0.2, 0.25) is 0 Å². The molecule has 2 aromatic rings. The average molecular weight is 239 g/mol. The van der Waals surface area contributed by atoms with Gasteiger partial charge in [0.05, 0.1) is 0 Å². The lowest BCUT2D eigenvalue weighted by molar-refractivity contribution is 0.102. The minimum absolute atomic E-state index is 0.189. The van der Waals surface area contributed by atoms with Crippen molar-refractivity contribution in [2.75, 3.05) is 5.32 Å². The van der Waals surface area contributed by atoms with Gasteiger partial charge in [0.15, 0.2) is 0 Å². The van der Waals surface area contributed by atoms with Crippen molar-refractivity contribution in [3.8, 4) is 0 Å². The molecule has 1 saturated carbocycles. The van der Waals surface area contributed by atoms with Crippen LogP contribution < -0.4 is 5.32 Å². The van der Waals surface area contributed by atoms with Crippen LogP contribution in [0.15, 0.2) is 42.7 Å². The molecular weight excluding hydrogens is 226 g/mol. The van der Waals surface area contributed by atoms with Gasteiger partial charge in [-0.3, -0.25) is 4.79 Å². The van der Waals surface area contributed by atoms with Gasteiger partial charge in [0.25, 0.3) is 5.91 Å². The van der Waals surface area contributed by atoms with Crippen LogP contribution in [0.25, 0.3) is 0 Å². The first-order valence-corrected chi connectivity index (χ1v) is 6.01. The molecule has 0 unspecified atom stereocenters. The second-order valence-electron chi connectivity index (χ2n) is 4.42. The molecule has 0 bridgehead atoms. The molecule has 1 aliphatic carbocycles. The van der Waals surface area contributed by atoms with Gasteiger partial charge < -0.3 is 5.32 Å². The maximum absolute atomic E-state index is 12.0. The molecule has 1 aromatic heterocycles. The zero-order valence-corrected chi connectivity index (χ0v) is 9.84. The Labute approximate surface area is 105 Å². The lowest BCUT2D eigenvalue weighted by atomic mass is 10.2. The van der Waals surface area contributed by atoms with Crippen molar-refractivity contribution in [2.24, 2.45) is 0 Å². The van der Waals surface area contributed by atoms with E-state index in [0.29, 0.717) is 11.6 Å². The molecule has 0 atom stereocenters. The van der Waals surface area contributed by atoms with Gasteiger partial charge in [-0.05, 0) is 31.0 Å². The molecule has 1 aromatic carbocycles. The minimum atomic E-state index is -0.189. The molecule has 0 spiro atoms. The van der Waals surface area contributed by atoms with Crippen LogP contribution >= 0.6 is 0 Å². The molecule has 1 N–H and O–H groups in total. The molecule has 3 rings (SSSR count). The Balaban J connectivity index is 1.77. The number of carbonyl (C=O) groups is 1. The van der Waals surface area contributed by atoms with Gasteiger partial charge in [-0.15, -0.1) is 0 Å². The molecule has 0 aliphatic heterocycles. The van der Waals surface area contributed by atoms with E-state index in [-0.39, 0.29) is 5.91 Å². The van der Waals surface area contributed by atoms with E-state index in [1.165, 1.54) is 6.33 Å². The van der Waals surface area contributed by atoms with Gasteiger partial charge in [0, 0.05) is 17.3 Å². The Morgan fingerprint density at radius 3 is 2.67 bits per heavy atom. The zero-order valence-electron chi connectivity index (χ0n) is 9.84. The van der Waals surface area contributed by atoms with Crippen molar-refractivity contribution in [1.29, 1.82) is 0 Å². The molecule has 0 radical (unpaired) electrons. The summed E-state index contributed by atoms with van der Waals surface area (Å²) in [4.78, 5) is 20.2. The smallest absolute Gasteiger partial charge is 0.274 e. The van der Waals surface area contributed by atoms with Gasteiger partial charge in [0.1, 0.15) is 12.0 Å². The summed E-state index contributed by atoms with van der Waals surface area (Å²) < 4.78 is 0. The Bertz CT molecular complexity index is 564. The highest BCUT2D eigenvalue weighted by Crippen LogP contribution is 2.38. The van der Waals surface area contributed by atoms with E-state index in [2.05, 4.69) is 15.3 Å². The Morgan fingerprint density at radius 1 is 1.17 bits per heavy atom.